The Morgan fingerprint density at radius 1 is 1.25 bits per heavy atom. The van der Waals surface area contributed by atoms with Crippen molar-refractivity contribution < 1.29 is 23.1 Å². The molecule has 3 N–H and O–H groups in total. The summed E-state index contributed by atoms with van der Waals surface area (Å²) in [4.78, 5) is 24.0. The van der Waals surface area contributed by atoms with Crippen LogP contribution in [0.4, 0.5) is 0 Å². The predicted molar refractivity (Wildman–Crippen MR) is 29.8 cm³/mol. The molecule has 52 valence electrons. The molecule has 0 radical (unpaired) electrons. The van der Waals surface area contributed by atoms with E-state index in [0.717, 1.165) is 0 Å². The maximum absolute atomic E-state index is 9.96. The summed E-state index contributed by atoms with van der Waals surface area (Å²) in [6.07, 6.45) is 0.555. The van der Waals surface area contributed by atoms with E-state index in [2.05, 4.69) is 0 Å². The third kappa shape index (κ3) is 2.02. The molecule has 0 unspecified atom stereocenters. The molecule has 0 aliphatic carbocycles. The van der Waals surface area contributed by atoms with Gasteiger partial charge in [0.15, 0.2) is 0 Å². The van der Waals surface area contributed by atoms with E-state index in [-0.39, 0.29) is 0 Å². The Hall–Kier alpha value is 0.260. The molecule has 0 amide bonds. The second kappa shape index (κ2) is 1.89. The topological polar surface area (TPSA) is 94.8 Å². The minimum absolute atomic E-state index is 0.555. The fourth-order valence-corrected chi connectivity index (χ4v) is 0. The first-order chi connectivity index (χ1) is 3.25. The second-order valence-corrected chi connectivity index (χ2v) is 7.91. The molecule has 0 saturated heterocycles. The third-order valence-electron chi connectivity index (χ3n) is 0.497. The molecule has 0 aliphatic heterocycles. The van der Waals surface area contributed by atoms with Crippen molar-refractivity contribution in [1.82, 2.24) is 0 Å². The number of hydrogen-bond donors (Lipinski definition) is 3. The summed E-state index contributed by atoms with van der Waals surface area (Å²) in [5, 5.41) is 0. The van der Waals surface area contributed by atoms with Gasteiger partial charge in [-0.05, 0) is 0 Å². The summed E-state index contributed by atoms with van der Waals surface area (Å²) >= 11 is 0. The summed E-state index contributed by atoms with van der Waals surface area (Å²) in [5.41, 5.74) is 0. The van der Waals surface area contributed by atoms with Crippen molar-refractivity contribution in [2.75, 3.05) is 6.26 Å². The van der Waals surface area contributed by atoms with Crippen LogP contribution in [-0.2, 0) is 9.46 Å². The number of hydrogen-bond acceptors (Lipinski definition) is 5. The fourth-order valence-electron chi connectivity index (χ4n) is 0. The van der Waals surface area contributed by atoms with Gasteiger partial charge in [-0.1, -0.05) is 0 Å². The van der Waals surface area contributed by atoms with Gasteiger partial charge in [0.25, 0.3) is 0 Å². The van der Waals surface area contributed by atoms with E-state index >= 15 is 0 Å². The van der Waals surface area contributed by atoms with E-state index in [1.807, 2.05) is 0 Å². The Balaban J connectivity index is 4.53. The molecule has 0 aromatic heterocycles. The maximum atomic E-state index is 9.96. The molecule has 0 spiro atoms. The van der Waals surface area contributed by atoms with Gasteiger partial charge >= 0.3 is 46.0 Å². The Morgan fingerprint density at radius 3 is 1.38 bits per heavy atom. The Morgan fingerprint density at radius 2 is 1.38 bits per heavy atom. The molecule has 5 nitrogen and oxygen atoms in total. The van der Waals surface area contributed by atoms with Crippen LogP contribution >= 0.6 is 7.15 Å². The molecule has 8 heavy (non-hydrogen) atoms. The van der Waals surface area contributed by atoms with Crippen LogP contribution in [0.5, 0.6) is 0 Å². The van der Waals surface area contributed by atoms with Crippen molar-refractivity contribution in [3.05, 3.63) is 0 Å². The van der Waals surface area contributed by atoms with Crippen molar-refractivity contribution in [1.29, 1.82) is 0 Å². The molecule has 0 rings (SSSR count). The van der Waals surface area contributed by atoms with Crippen LogP contribution in [-0.4, -0.2) is 29.4 Å². The van der Waals surface area contributed by atoms with Gasteiger partial charge in [-0.3, -0.25) is 0 Å². The standard InChI is InChI=1S/CH7O5PS/c1-8(5,6)7(2,3)4/h2-4,7H,1H3. The fraction of sp³-hybridized carbons (Fsp3) is 1.00. The van der Waals surface area contributed by atoms with Gasteiger partial charge in [-0.15, -0.1) is 0 Å². The SMILES string of the molecule is CS(=O)(=O)[PH](O)(O)O. The summed E-state index contributed by atoms with van der Waals surface area (Å²) in [5.74, 6) is 0. The summed E-state index contributed by atoms with van der Waals surface area (Å²) in [6, 6.07) is 0. The quantitative estimate of drug-likeness (QED) is 0.404. The molecular weight excluding hydrogens is 155 g/mol. The molecule has 0 fully saturated rings. The van der Waals surface area contributed by atoms with Crippen LogP contribution < -0.4 is 0 Å². The zero-order valence-corrected chi connectivity index (χ0v) is 5.88. The molecular formula is CH7O5PS. The summed E-state index contributed by atoms with van der Waals surface area (Å²) in [6.45, 7) is 0. The van der Waals surface area contributed by atoms with E-state index in [0.29, 0.717) is 6.26 Å². The predicted octanol–water partition coefficient (Wildman–Crippen LogP) is -1.58. The first kappa shape index (κ1) is 8.26. The third-order valence-corrected chi connectivity index (χ3v) is 4.48. The van der Waals surface area contributed by atoms with Crippen molar-refractivity contribution in [3.8, 4) is 0 Å². The minimum atomic E-state index is -4.89. The molecule has 7 heteroatoms. The van der Waals surface area contributed by atoms with Crippen LogP contribution in [0.3, 0.4) is 0 Å². The van der Waals surface area contributed by atoms with Crippen molar-refractivity contribution >= 4 is 16.6 Å². The zero-order chi connectivity index (χ0) is 7.00. The van der Waals surface area contributed by atoms with Gasteiger partial charge < -0.3 is 0 Å². The van der Waals surface area contributed by atoms with Crippen LogP contribution in [0.25, 0.3) is 0 Å². The van der Waals surface area contributed by atoms with E-state index in [9.17, 15) is 8.42 Å². The summed E-state index contributed by atoms with van der Waals surface area (Å²) in [7, 11) is -8.92. The Kier molecular flexibility index (Phi) is 1.95. The average Bonchev–Trinajstić information content (AvgIpc) is 1.25. The monoisotopic (exact) mass is 162 g/mol. The Bertz CT molecular complexity index is 161. The van der Waals surface area contributed by atoms with Gasteiger partial charge in [0.1, 0.15) is 0 Å². The Labute approximate surface area is 46.8 Å². The summed E-state index contributed by atoms with van der Waals surface area (Å²) < 4.78 is 19.9. The van der Waals surface area contributed by atoms with E-state index < -0.39 is 16.6 Å². The molecule has 0 heterocycles. The van der Waals surface area contributed by atoms with Crippen molar-refractivity contribution in [2.24, 2.45) is 0 Å². The first-order valence-electron chi connectivity index (χ1n) is 1.62. The van der Waals surface area contributed by atoms with Gasteiger partial charge in [-0.2, -0.15) is 0 Å². The zero-order valence-electron chi connectivity index (χ0n) is 4.07. The van der Waals surface area contributed by atoms with Gasteiger partial charge in [0.2, 0.25) is 0 Å². The van der Waals surface area contributed by atoms with Gasteiger partial charge in [0, 0.05) is 0 Å². The molecule has 0 bridgehead atoms. The molecule has 0 aromatic rings. The van der Waals surface area contributed by atoms with Crippen molar-refractivity contribution in [3.63, 3.8) is 0 Å². The van der Waals surface area contributed by atoms with Crippen LogP contribution in [0.2, 0.25) is 0 Å². The van der Waals surface area contributed by atoms with Crippen LogP contribution in [0.1, 0.15) is 0 Å². The normalized spacial score (nSPS) is 16.0. The molecule has 0 aliphatic rings. The van der Waals surface area contributed by atoms with E-state index in [4.69, 9.17) is 14.7 Å². The molecule has 0 aromatic carbocycles. The number of rotatable bonds is 1. The average molecular weight is 162 g/mol. The van der Waals surface area contributed by atoms with Gasteiger partial charge in [-0.25, -0.2) is 0 Å². The first-order valence-corrected chi connectivity index (χ1v) is 6.07. The van der Waals surface area contributed by atoms with Crippen LogP contribution in [0.15, 0.2) is 0 Å². The van der Waals surface area contributed by atoms with E-state index in [1.165, 1.54) is 0 Å². The van der Waals surface area contributed by atoms with E-state index in [1.54, 1.807) is 0 Å². The second-order valence-electron chi connectivity index (χ2n) is 1.35. The molecule has 0 saturated carbocycles. The molecule has 0 atom stereocenters. The van der Waals surface area contributed by atoms with Gasteiger partial charge in [0.05, 0.1) is 0 Å². The van der Waals surface area contributed by atoms with Crippen LogP contribution in [0, 0.1) is 0 Å². The van der Waals surface area contributed by atoms with Crippen molar-refractivity contribution in [2.45, 2.75) is 0 Å².